The lowest BCUT2D eigenvalue weighted by Gasteiger charge is -2.31. The molecule has 0 bridgehead atoms. The van der Waals surface area contributed by atoms with Gasteiger partial charge in [0.1, 0.15) is 11.5 Å². The van der Waals surface area contributed by atoms with Gasteiger partial charge in [-0.25, -0.2) is 9.97 Å². The second kappa shape index (κ2) is 6.80. The first kappa shape index (κ1) is 16.8. The molecule has 1 aliphatic heterocycles. The molecule has 1 aliphatic rings. The Morgan fingerprint density at radius 2 is 2.04 bits per heavy atom. The number of rotatable bonds is 4. The van der Waals surface area contributed by atoms with Gasteiger partial charge in [0.15, 0.2) is 0 Å². The number of nitrogens with zero attached hydrogens (tertiary/aromatic N) is 3. The van der Waals surface area contributed by atoms with Crippen LogP contribution in [0.25, 0.3) is 0 Å². The first-order chi connectivity index (χ1) is 11.5. The summed E-state index contributed by atoms with van der Waals surface area (Å²) in [5.74, 6) is 1.08. The van der Waals surface area contributed by atoms with Crippen LogP contribution in [-0.2, 0) is 12.7 Å². The molecule has 3 rings (SSSR count). The third-order valence-corrected chi connectivity index (χ3v) is 4.31. The van der Waals surface area contributed by atoms with E-state index >= 15 is 0 Å². The second-order valence-corrected chi connectivity index (χ2v) is 5.90. The second-order valence-electron chi connectivity index (χ2n) is 5.90. The lowest BCUT2D eigenvalue weighted by Crippen LogP contribution is -2.33. The quantitative estimate of drug-likeness (QED) is 0.929. The third kappa shape index (κ3) is 3.69. The van der Waals surface area contributed by atoms with E-state index in [0.29, 0.717) is 11.7 Å². The Labute approximate surface area is 137 Å². The molecule has 0 unspecified atom stereocenters. The van der Waals surface area contributed by atoms with Crippen molar-refractivity contribution >= 4 is 0 Å². The van der Waals surface area contributed by atoms with Gasteiger partial charge in [-0.1, -0.05) is 6.07 Å². The summed E-state index contributed by atoms with van der Waals surface area (Å²) in [5, 5.41) is 0. The van der Waals surface area contributed by atoms with Gasteiger partial charge in [-0.2, -0.15) is 13.2 Å². The highest BCUT2D eigenvalue weighted by Crippen LogP contribution is 2.32. The van der Waals surface area contributed by atoms with Gasteiger partial charge in [-0.15, -0.1) is 0 Å². The molecular weight excluding hydrogens is 321 g/mol. The van der Waals surface area contributed by atoms with E-state index in [0.717, 1.165) is 44.2 Å². The number of pyridine rings is 1. The molecule has 0 spiro atoms. The number of aromatic amines is 1. The standard InChI is InChI=1S/C16H19F3N4O/c1-24-15-12(3-2-6-20-15)10-23-7-4-11(5-8-23)14-21-9-13(22-14)16(17,18)19/h2-3,6,9,11H,4-5,7-8,10H2,1H3,(H,21,22). The molecule has 0 aromatic carbocycles. The molecule has 2 aromatic heterocycles. The summed E-state index contributed by atoms with van der Waals surface area (Å²) in [5.41, 5.74) is 0.232. The van der Waals surface area contributed by atoms with E-state index in [1.807, 2.05) is 12.1 Å². The Morgan fingerprint density at radius 3 is 2.67 bits per heavy atom. The average molecular weight is 340 g/mol. The van der Waals surface area contributed by atoms with Gasteiger partial charge < -0.3 is 9.72 Å². The highest BCUT2D eigenvalue weighted by Gasteiger charge is 2.34. The Morgan fingerprint density at radius 1 is 1.29 bits per heavy atom. The van der Waals surface area contributed by atoms with Crippen molar-refractivity contribution in [2.45, 2.75) is 31.5 Å². The molecule has 24 heavy (non-hydrogen) atoms. The fourth-order valence-electron chi connectivity index (χ4n) is 3.02. The summed E-state index contributed by atoms with van der Waals surface area (Å²) in [6.45, 7) is 2.31. The van der Waals surface area contributed by atoms with Crippen LogP contribution in [0.5, 0.6) is 5.88 Å². The van der Waals surface area contributed by atoms with Gasteiger partial charge in [-0.05, 0) is 32.0 Å². The van der Waals surface area contributed by atoms with Crippen molar-refractivity contribution in [3.8, 4) is 5.88 Å². The van der Waals surface area contributed by atoms with Crippen molar-refractivity contribution in [1.29, 1.82) is 0 Å². The summed E-state index contributed by atoms with van der Waals surface area (Å²) in [4.78, 5) is 12.8. The minimum atomic E-state index is -4.37. The summed E-state index contributed by atoms with van der Waals surface area (Å²) in [7, 11) is 1.59. The van der Waals surface area contributed by atoms with E-state index in [4.69, 9.17) is 4.74 Å². The molecule has 1 saturated heterocycles. The topological polar surface area (TPSA) is 54.0 Å². The molecule has 0 saturated carbocycles. The zero-order chi connectivity index (χ0) is 17.2. The fraction of sp³-hybridized carbons (Fsp3) is 0.500. The Hall–Kier alpha value is -2.09. The number of ether oxygens (including phenoxy) is 1. The molecule has 5 nitrogen and oxygen atoms in total. The fourth-order valence-corrected chi connectivity index (χ4v) is 3.02. The van der Waals surface area contributed by atoms with Crippen LogP contribution in [0, 0.1) is 0 Å². The van der Waals surface area contributed by atoms with Crippen LogP contribution in [-0.4, -0.2) is 40.1 Å². The number of piperidine rings is 1. The van der Waals surface area contributed by atoms with Gasteiger partial charge in [-0.3, -0.25) is 4.90 Å². The Balaban J connectivity index is 1.59. The van der Waals surface area contributed by atoms with Crippen molar-refractivity contribution in [3.05, 3.63) is 41.6 Å². The monoisotopic (exact) mass is 340 g/mol. The zero-order valence-corrected chi connectivity index (χ0v) is 13.3. The van der Waals surface area contributed by atoms with Gasteiger partial charge in [0, 0.05) is 24.2 Å². The van der Waals surface area contributed by atoms with E-state index in [-0.39, 0.29) is 5.92 Å². The Kier molecular flexibility index (Phi) is 4.75. The predicted octanol–water partition coefficient (Wildman–Crippen LogP) is 3.21. The lowest BCUT2D eigenvalue weighted by molar-refractivity contribution is -0.141. The van der Waals surface area contributed by atoms with Gasteiger partial charge in [0.05, 0.1) is 13.3 Å². The van der Waals surface area contributed by atoms with Crippen LogP contribution < -0.4 is 4.74 Å². The van der Waals surface area contributed by atoms with E-state index < -0.39 is 11.9 Å². The van der Waals surface area contributed by atoms with Crippen LogP contribution in [0.3, 0.4) is 0 Å². The number of hydrogen-bond donors (Lipinski definition) is 1. The van der Waals surface area contributed by atoms with Crippen molar-refractivity contribution in [3.63, 3.8) is 0 Å². The first-order valence-corrected chi connectivity index (χ1v) is 7.79. The van der Waals surface area contributed by atoms with Crippen LogP contribution in [0.1, 0.15) is 35.8 Å². The number of imidazole rings is 1. The summed E-state index contributed by atoms with van der Waals surface area (Å²) >= 11 is 0. The zero-order valence-electron chi connectivity index (χ0n) is 13.3. The van der Waals surface area contributed by atoms with Gasteiger partial charge >= 0.3 is 6.18 Å². The molecule has 1 N–H and O–H groups in total. The molecule has 130 valence electrons. The van der Waals surface area contributed by atoms with E-state index in [9.17, 15) is 13.2 Å². The number of H-pyrrole nitrogens is 1. The van der Waals surface area contributed by atoms with E-state index in [1.165, 1.54) is 0 Å². The molecule has 2 aromatic rings. The van der Waals surface area contributed by atoms with Crippen molar-refractivity contribution in [2.75, 3.05) is 20.2 Å². The normalized spacial score (nSPS) is 17.2. The van der Waals surface area contributed by atoms with Crippen LogP contribution >= 0.6 is 0 Å². The Bertz CT molecular complexity index is 678. The van der Waals surface area contributed by atoms with Gasteiger partial charge in [0.2, 0.25) is 5.88 Å². The molecule has 3 heterocycles. The molecule has 0 aliphatic carbocycles. The van der Waals surface area contributed by atoms with Crippen LogP contribution in [0.2, 0.25) is 0 Å². The minimum Gasteiger partial charge on any atom is -0.481 e. The van der Waals surface area contributed by atoms with Crippen molar-refractivity contribution in [2.24, 2.45) is 0 Å². The summed E-state index contributed by atoms with van der Waals surface area (Å²) < 4.78 is 43.2. The summed E-state index contributed by atoms with van der Waals surface area (Å²) in [6, 6.07) is 3.84. The molecule has 8 heteroatoms. The maximum absolute atomic E-state index is 12.6. The molecule has 0 amide bonds. The third-order valence-electron chi connectivity index (χ3n) is 4.31. The van der Waals surface area contributed by atoms with Crippen molar-refractivity contribution < 1.29 is 17.9 Å². The number of halogens is 3. The highest BCUT2D eigenvalue weighted by molar-refractivity contribution is 5.25. The van der Waals surface area contributed by atoms with Gasteiger partial charge in [0.25, 0.3) is 0 Å². The maximum atomic E-state index is 12.6. The van der Waals surface area contributed by atoms with Crippen LogP contribution in [0.15, 0.2) is 24.5 Å². The molecular formula is C16H19F3N4O. The van der Waals surface area contributed by atoms with E-state index in [2.05, 4.69) is 19.9 Å². The predicted molar refractivity (Wildman–Crippen MR) is 81.6 cm³/mol. The minimum absolute atomic E-state index is 0.0353. The van der Waals surface area contributed by atoms with E-state index in [1.54, 1.807) is 13.3 Å². The lowest BCUT2D eigenvalue weighted by atomic mass is 9.96. The molecule has 1 fully saturated rings. The number of alkyl halides is 3. The molecule has 0 radical (unpaired) electrons. The number of methoxy groups -OCH3 is 1. The highest BCUT2D eigenvalue weighted by atomic mass is 19.4. The first-order valence-electron chi connectivity index (χ1n) is 7.79. The number of aromatic nitrogens is 3. The number of likely N-dealkylation sites (tertiary alicyclic amines) is 1. The summed E-state index contributed by atoms with van der Waals surface area (Å²) in [6.07, 6.45) is -0.268. The smallest absolute Gasteiger partial charge is 0.432 e. The number of nitrogens with one attached hydrogen (secondary N) is 1. The van der Waals surface area contributed by atoms with Crippen LogP contribution in [0.4, 0.5) is 13.2 Å². The van der Waals surface area contributed by atoms with Crippen molar-refractivity contribution in [1.82, 2.24) is 19.9 Å². The largest absolute Gasteiger partial charge is 0.481 e. The average Bonchev–Trinajstić information content (AvgIpc) is 3.06. The maximum Gasteiger partial charge on any atom is 0.432 e. The SMILES string of the molecule is COc1ncccc1CN1CCC(c2ncc(C(F)(F)F)[nH]2)CC1. The number of hydrogen-bond acceptors (Lipinski definition) is 4. The molecule has 0 atom stereocenters.